The Kier molecular flexibility index (Phi) is 2.90. The van der Waals surface area contributed by atoms with Crippen LogP contribution in [0.3, 0.4) is 0 Å². The SMILES string of the molecule is CC1CC(c2nc(-c3cscn3)no2)CCN1. The Labute approximate surface area is 103 Å². The summed E-state index contributed by atoms with van der Waals surface area (Å²) >= 11 is 1.54. The Morgan fingerprint density at radius 2 is 2.47 bits per heavy atom. The maximum atomic E-state index is 5.35. The van der Waals surface area contributed by atoms with Gasteiger partial charge in [-0.1, -0.05) is 5.16 Å². The molecule has 2 aromatic heterocycles. The first-order chi connectivity index (χ1) is 8.33. The number of rotatable bonds is 2. The largest absolute Gasteiger partial charge is 0.339 e. The maximum absolute atomic E-state index is 5.35. The zero-order valence-corrected chi connectivity index (χ0v) is 10.4. The Morgan fingerprint density at radius 1 is 1.53 bits per heavy atom. The van der Waals surface area contributed by atoms with E-state index in [9.17, 15) is 0 Å². The quantitative estimate of drug-likeness (QED) is 0.883. The summed E-state index contributed by atoms with van der Waals surface area (Å²) in [4.78, 5) is 8.63. The summed E-state index contributed by atoms with van der Waals surface area (Å²) in [6.07, 6.45) is 2.11. The normalized spacial score (nSPS) is 25.0. The smallest absolute Gasteiger partial charge is 0.230 e. The molecule has 1 aliphatic heterocycles. The number of hydrogen-bond acceptors (Lipinski definition) is 6. The molecule has 1 N–H and O–H groups in total. The van der Waals surface area contributed by atoms with Crippen molar-refractivity contribution in [3.63, 3.8) is 0 Å². The second-order valence-corrected chi connectivity index (χ2v) is 5.13. The molecule has 2 unspecified atom stereocenters. The van der Waals surface area contributed by atoms with Crippen molar-refractivity contribution in [1.29, 1.82) is 0 Å². The lowest BCUT2D eigenvalue weighted by Crippen LogP contribution is -2.34. The zero-order valence-electron chi connectivity index (χ0n) is 9.59. The summed E-state index contributed by atoms with van der Waals surface area (Å²) in [7, 11) is 0. The Morgan fingerprint density at radius 3 is 3.24 bits per heavy atom. The van der Waals surface area contributed by atoms with E-state index in [1.165, 1.54) is 11.3 Å². The molecule has 0 amide bonds. The third-order valence-electron chi connectivity index (χ3n) is 3.08. The van der Waals surface area contributed by atoms with Crippen molar-refractivity contribution < 1.29 is 4.52 Å². The van der Waals surface area contributed by atoms with E-state index in [0.29, 0.717) is 17.8 Å². The van der Waals surface area contributed by atoms with Gasteiger partial charge in [-0.25, -0.2) is 4.98 Å². The number of nitrogens with one attached hydrogen (secondary N) is 1. The number of hydrogen-bond donors (Lipinski definition) is 1. The van der Waals surface area contributed by atoms with Gasteiger partial charge in [0.15, 0.2) is 0 Å². The van der Waals surface area contributed by atoms with E-state index in [2.05, 4.69) is 27.4 Å². The van der Waals surface area contributed by atoms with Crippen LogP contribution in [0, 0.1) is 0 Å². The van der Waals surface area contributed by atoms with Crippen LogP contribution in [0.1, 0.15) is 31.6 Å². The zero-order chi connectivity index (χ0) is 11.7. The van der Waals surface area contributed by atoms with Gasteiger partial charge in [0, 0.05) is 17.3 Å². The van der Waals surface area contributed by atoms with Crippen LogP contribution in [0.2, 0.25) is 0 Å². The van der Waals surface area contributed by atoms with Gasteiger partial charge in [0.1, 0.15) is 5.69 Å². The van der Waals surface area contributed by atoms with Crippen molar-refractivity contribution in [2.45, 2.75) is 31.7 Å². The van der Waals surface area contributed by atoms with Gasteiger partial charge < -0.3 is 9.84 Å². The van der Waals surface area contributed by atoms with Gasteiger partial charge in [0.05, 0.1) is 5.51 Å². The Hall–Kier alpha value is -1.27. The average molecular weight is 250 g/mol. The van der Waals surface area contributed by atoms with Crippen molar-refractivity contribution in [2.75, 3.05) is 6.54 Å². The van der Waals surface area contributed by atoms with E-state index < -0.39 is 0 Å². The minimum Gasteiger partial charge on any atom is -0.339 e. The fourth-order valence-electron chi connectivity index (χ4n) is 2.18. The molecule has 1 aliphatic rings. The van der Waals surface area contributed by atoms with Crippen LogP contribution in [0.15, 0.2) is 15.4 Å². The predicted octanol–water partition coefficient (Wildman–Crippen LogP) is 2.05. The standard InChI is InChI=1S/C11H14N4OS/c1-7-4-8(2-3-12-7)11-14-10(15-16-11)9-5-17-6-13-9/h5-8,12H,2-4H2,1H3. The minimum atomic E-state index is 0.381. The lowest BCUT2D eigenvalue weighted by molar-refractivity contribution is 0.295. The molecular weight excluding hydrogens is 236 g/mol. The predicted molar refractivity (Wildman–Crippen MR) is 64.8 cm³/mol. The van der Waals surface area contributed by atoms with Gasteiger partial charge in [-0.15, -0.1) is 11.3 Å². The van der Waals surface area contributed by atoms with E-state index in [-0.39, 0.29) is 0 Å². The molecule has 2 atom stereocenters. The number of piperidine rings is 1. The van der Waals surface area contributed by atoms with Gasteiger partial charge in [0.25, 0.3) is 0 Å². The van der Waals surface area contributed by atoms with Crippen molar-refractivity contribution in [3.8, 4) is 11.5 Å². The van der Waals surface area contributed by atoms with E-state index in [1.54, 1.807) is 5.51 Å². The number of aromatic nitrogens is 3. The fraction of sp³-hybridized carbons (Fsp3) is 0.545. The highest BCUT2D eigenvalue weighted by Gasteiger charge is 2.25. The van der Waals surface area contributed by atoms with Crippen LogP contribution in [0.5, 0.6) is 0 Å². The summed E-state index contributed by atoms with van der Waals surface area (Å²) < 4.78 is 5.35. The molecule has 3 heterocycles. The monoisotopic (exact) mass is 250 g/mol. The molecule has 0 aliphatic carbocycles. The molecule has 0 spiro atoms. The van der Waals surface area contributed by atoms with Crippen LogP contribution < -0.4 is 5.32 Å². The highest BCUT2D eigenvalue weighted by Crippen LogP contribution is 2.27. The Bertz CT molecular complexity index is 481. The highest BCUT2D eigenvalue weighted by atomic mass is 32.1. The van der Waals surface area contributed by atoms with Gasteiger partial charge in [-0.3, -0.25) is 0 Å². The minimum absolute atomic E-state index is 0.381. The van der Waals surface area contributed by atoms with Crippen molar-refractivity contribution >= 4 is 11.3 Å². The average Bonchev–Trinajstić information content (AvgIpc) is 3.00. The summed E-state index contributed by atoms with van der Waals surface area (Å²) in [5.74, 6) is 1.74. The van der Waals surface area contributed by atoms with Crippen LogP contribution >= 0.6 is 11.3 Å². The third kappa shape index (κ3) is 2.23. The molecule has 6 heteroatoms. The first kappa shape index (κ1) is 10.9. The molecular formula is C11H14N4OS. The molecule has 3 rings (SSSR count). The van der Waals surface area contributed by atoms with Gasteiger partial charge in [0.2, 0.25) is 11.7 Å². The van der Waals surface area contributed by atoms with Crippen LogP contribution in [-0.2, 0) is 0 Å². The second kappa shape index (κ2) is 4.54. The summed E-state index contributed by atoms with van der Waals surface area (Å²) in [6.45, 7) is 3.20. The molecule has 17 heavy (non-hydrogen) atoms. The fourth-order valence-corrected chi connectivity index (χ4v) is 2.71. The molecule has 2 aromatic rings. The Balaban J connectivity index is 1.80. The van der Waals surface area contributed by atoms with Gasteiger partial charge in [-0.2, -0.15) is 4.98 Å². The summed E-state index contributed by atoms with van der Waals surface area (Å²) in [5, 5.41) is 9.34. The molecule has 0 aromatic carbocycles. The van der Waals surface area contributed by atoms with E-state index in [4.69, 9.17) is 4.52 Å². The van der Waals surface area contributed by atoms with Crippen molar-refractivity contribution in [3.05, 3.63) is 16.8 Å². The summed E-state index contributed by atoms with van der Waals surface area (Å²) in [5.41, 5.74) is 2.57. The van der Waals surface area contributed by atoms with E-state index >= 15 is 0 Å². The highest BCUT2D eigenvalue weighted by molar-refractivity contribution is 7.07. The molecule has 90 valence electrons. The topological polar surface area (TPSA) is 63.8 Å². The van der Waals surface area contributed by atoms with E-state index in [1.807, 2.05) is 5.38 Å². The molecule has 0 saturated carbocycles. The third-order valence-corrected chi connectivity index (χ3v) is 3.66. The molecule has 0 radical (unpaired) electrons. The maximum Gasteiger partial charge on any atom is 0.230 e. The first-order valence-corrected chi connectivity index (χ1v) is 6.73. The molecule has 5 nitrogen and oxygen atoms in total. The second-order valence-electron chi connectivity index (χ2n) is 4.41. The van der Waals surface area contributed by atoms with Gasteiger partial charge >= 0.3 is 0 Å². The van der Waals surface area contributed by atoms with Crippen LogP contribution in [0.25, 0.3) is 11.5 Å². The van der Waals surface area contributed by atoms with Crippen molar-refractivity contribution in [1.82, 2.24) is 20.4 Å². The van der Waals surface area contributed by atoms with Crippen LogP contribution in [0.4, 0.5) is 0 Å². The molecule has 1 saturated heterocycles. The van der Waals surface area contributed by atoms with Crippen molar-refractivity contribution in [2.24, 2.45) is 0 Å². The van der Waals surface area contributed by atoms with Crippen LogP contribution in [-0.4, -0.2) is 27.7 Å². The summed E-state index contributed by atoms with van der Waals surface area (Å²) in [6, 6.07) is 0.517. The number of thiazole rings is 1. The first-order valence-electron chi connectivity index (χ1n) is 5.78. The lowest BCUT2D eigenvalue weighted by atomic mass is 9.93. The molecule has 1 fully saturated rings. The van der Waals surface area contributed by atoms with Gasteiger partial charge in [-0.05, 0) is 26.3 Å². The lowest BCUT2D eigenvalue weighted by Gasteiger charge is -2.25. The number of nitrogens with zero attached hydrogens (tertiary/aromatic N) is 3. The van der Waals surface area contributed by atoms with E-state index in [0.717, 1.165) is 31.0 Å². The molecule has 0 bridgehead atoms.